The van der Waals surface area contributed by atoms with Crippen LogP contribution in [0.1, 0.15) is 5.56 Å². The summed E-state index contributed by atoms with van der Waals surface area (Å²) in [6, 6.07) is 15.4. The van der Waals surface area contributed by atoms with Crippen LogP contribution < -0.4 is 9.47 Å². The van der Waals surface area contributed by atoms with Crippen molar-refractivity contribution >= 4 is 0 Å². The molecule has 0 amide bonds. The molecule has 0 aromatic heterocycles. The van der Waals surface area contributed by atoms with Crippen LogP contribution in [0.2, 0.25) is 0 Å². The molecule has 2 aromatic rings. The summed E-state index contributed by atoms with van der Waals surface area (Å²) in [4.78, 5) is 0. The Labute approximate surface area is 107 Å². The fourth-order valence-corrected chi connectivity index (χ4v) is 1.55. The topological polar surface area (TPSA) is 27.7 Å². The lowest BCUT2D eigenvalue weighted by atomic mass is 10.2. The zero-order chi connectivity index (χ0) is 12.8. The van der Waals surface area contributed by atoms with Crippen molar-refractivity contribution in [2.45, 2.75) is 6.92 Å². The molecule has 0 heterocycles. The van der Waals surface area contributed by atoms with Crippen LogP contribution in [0.15, 0.2) is 48.5 Å². The lowest BCUT2D eigenvalue weighted by Crippen LogP contribution is -1.98. The Kier molecular flexibility index (Phi) is 4.20. The summed E-state index contributed by atoms with van der Waals surface area (Å²) >= 11 is 0. The normalized spacial score (nSPS) is 10.1. The minimum Gasteiger partial charge on any atom is -0.468 e. The van der Waals surface area contributed by atoms with Gasteiger partial charge in [-0.1, -0.05) is 12.1 Å². The molecule has 0 fully saturated rings. The second-order valence-corrected chi connectivity index (χ2v) is 3.94. The van der Waals surface area contributed by atoms with Gasteiger partial charge in [0, 0.05) is 7.11 Å². The van der Waals surface area contributed by atoms with E-state index in [9.17, 15) is 0 Å². The van der Waals surface area contributed by atoms with Crippen LogP contribution in [0.4, 0.5) is 0 Å². The van der Waals surface area contributed by atoms with Gasteiger partial charge in [-0.2, -0.15) is 0 Å². The minimum atomic E-state index is 0.248. The van der Waals surface area contributed by atoms with Gasteiger partial charge in [-0.25, -0.2) is 0 Å². The van der Waals surface area contributed by atoms with Crippen molar-refractivity contribution in [1.29, 1.82) is 0 Å². The number of rotatable bonds is 5. The summed E-state index contributed by atoms with van der Waals surface area (Å²) in [5.74, 6) is 2.37. The molecule has 2 aromatic carbocycles. The third kappa shape index (κ3) is 3.50. The fraction of sp³-hybridized carbons (Fsp3) is 0.200. The second kappa shape index (κ2) is 6.07. The molecule has 0 saturated carbocycles. The molecule has 94 valence electrons. The third-order valence-electron chi connectivity index (χ3n) is 2.39. The Hall–Kier alpha value is -2.00. The van der Waals surface area contributed by atoms with Gasteiger partial charge in [-0.3, -0.25) is 0 Å². The zero-order valence-corrected chi connectivity index (χ0v) is 10.6. The lowest BCUT2D eigenvalue weighted by molar-refractivity contribution is 0.0511. The number of benzene rings is 2. The SMILES string of the molecule is COCOc1ccc(Oc2cccc(C)c2)cc1. The molecule has 0 aliphatic rings. The summed E-state index contributed by atoms with van der Waals surface area (Å²) in [7, 11) is 1.59. The Balaban J connectivity index is 2.02. The van der Waals surface area contributed by atoms with Crippen LogP contribution in [0.25, 0.3) is 0 Å². The van der Waals surface area contributed by atoms with E-state index in [0.717, 1.165) is 17.2 Å². The monoisotopic (exact) mass is 244 g/mol. The summed E-state index contributed by atoms with van der Waals surface area (Å²) in [5.41, 5.74) is 1.17. The average molecular weight is 244 g/mol. The first-order chi connectivity index (χ1) is 8.78. The van der Waals surface area contributed by atoms with Crippen LogP contribution in [0.3, 0.4) is 0 Å². The Morgan fingerprint density at radius 1 is 0.889 bits per heavy atom. The molecule has 0 bridgehead atoms. The highest BCUT2D eigenvalue weighted by Gasteiger charge is 1.98. The van der Waals surface area contributed by atoms with Gasteiger partial charge in [-0.05, 0) is 48.9 Å². The Morgan fingerprint density at radius 3 is 2.28 bits per heavy atom. The Bertz CT molecular complexity index is 491. The first kappa shape index (κ1) is 12.5. The van der Waals surface area contributed by atoms with Crippen molar-refractivity contribution < 1.29 is 14.2 Å². The van der Waals surface area contributed by atoms with E-state index in [0.29, 0.717) is 0 Å². The molecule has 0 spiro atoms. The van der Waals surface area contributed by atoms with Gasteiger partial charge in [0.1, 0.15) is 17.2 Å². The summed E-state index contributed by atoms with van der Waals surface area (Å²) < 4.78 is 15.9. The van der Waals surface area contributed by atoms with E-state index in [4.69, 9.17) is 14.2 Å². The quantitative estimate of drug-likeness (QED) is 0.749. The van der Waals surface area contributed by atoms with Gasteiger partial charge in [-0.15, -0.1) is 0 Å². The third-order valence-corrected chi connectivity index (χ3v) is 2.39. The van der Waals surface area contributed by atoms with E-state index in [1.165, 1.54) is 5.56 Å². The molecule has 2 rings (SSSR count). The molecule has 0 unspecified atom stereocenters. The largest absolute Gasteiger partial charge is 0.468 e. The van der Waals surface area contributed by atoms with Crippen LogP contribution in [-0.2, 0) is 4.74 Å². The molecule has 0 aliphatic heterocycles. The van der Waals surface area contributed by atoms with Gasteiger partial charge in [0.25, 0.3) is 0 Å². The smallest absolute Gasteiger partial charge is 0.188 e. The zero-order valence-electron chi connectivity index (χ0n) is 10.6. The summed E-state index contributed by atoms with van der Waals surface area (Å²) in [6.45, 7) is 2.28. The van der Waals surface area contributed by atoms with Gasteiger partial charge >= 0.3 is 0 Å². The van der Waals surface area contributed by atoms with Gasteiger partial charge < -0.3 is 14.2 Å². The van der Waals surface area contributed by atoms with E-state index < -0.39 is 0 Å². The van der Waals surface area contributed by atoms with Crippen molar-refractivity contribution in [3.05, 3.63) is 54.1 Å². The molecular weight excluding hydrogens is 228 g/mol. The molecule has 0 atom stereocenters. The van der Waals surface area contributed by atoms with Crippen LogP contribution in [0, 0.1) is 6.92 Å². The number of ether oxygens (including phenoxy) is 3. The van der Waals surface area contributed by atoms with Gasteiger partial charge in [0.15, 0.2) is 6.79 Å². The molecule has 0 N–H and O–H groups in total. The van der Waals surface area contributed by atoms with E-state index in [2.05, 4.69) is 0 Å². The van der Waals surface area contributed by atoms with Crippen LogP contribution in [-0.4, -0.2) is 13.9 Å². The maximum atomic E-state index is 5.73. The summed E-state index contributed by atoms with van der Waals surface area (Å²) in [5, 5.41) is 0. The van der Waals surface area contributed by atoms with E-state index in [1.54, 1.807) is 7.11 Å². The van der Waals surface area contributed by atoms with Gasteiger partial charge in [0.05, 0.1) is 0 Å². The molecule has 3 heteroatoms. The Morgan fingerprint density at radius 2 is 1.61 bits per heavy atom. The van der Waals surface area contributed by atoms with Crippen molar-refractivity contribution in [3.8, 4) is 17.2 Å². The van der Waals surface area contributed by atoms with Crippen molar-refractivity contribution in [3.63, 3.8) is 0 Å². The highest BCUT2D eigenvalue weighted by molar-refractivity contribution is 5.36. The number of hydrogen-bond acceptors (Lipinski definition) is 3. The predicted octanol–water partition coefficient (Wildman–Crippen LogP) is 3.77. The van der Waals surface area contributed by atoms with Gasteiger partial charge in [0.2, 0.25) is 0 Å². The van der Waals surface area contributed by atoms with Crippen LogP contribution >= 0.6 is 0 Å². The standard InChI is InChI=1S/C15H16O3/c1-12-4-3-5-15(10-12)18-14-8-6-13(7-9-14)17-11-16-2/h3-10H,11H2,1-2H3. The maximum absolute atomic E-state index is 5.73. The molecule has 0 radical (unpaired) electrons. The van der Waals surface area contributed by atoms with Crippen molar-refractivity contribution in [2.75, 3.05) is 13.9 Å². The molecular formula is C15H16O3. The highest BCUT2D eigenvalue weighted by Crippen LogP contribution is 2.24. The maximum Gasteiger partial charge on any atom is 0.188 e. The predicted molar refractivity (Wildman–Crippen MR) is 70.2 cm³/mol. The molecule has 3 nitrogen and oxygen atoms in total. The van der Waals surface area contributed by atoms with Crippen LogP contribution in [0.5, 0.6) is 17.2 Å². The second-order valence-electron chi connectivity index (χ2n) is 3.94. The number of aryl methyl sites for hydroxylation is 1. The molecule has 0 aliphatic carbocycles. The van der Waals surface area contributed by atoms with E-state index >= 15 is 0 Å². The lowest BCUT2D eigenvalue weighted by Gasteiger charge is -2.08. The average Bonchev–Trinajstić information content (AvgIpc) is 2.38. The first-order valence-corrected chi connectivity index (χ1v) is 5.74. The highest BCUT2D eigenvalue weighted by atomic mass is 16.7. The van der Waals surface area contributed by atoms with Crippen molar-refractivity contribution in [2.24, 2.45) is 0 Å². The molecule has 18 heavy (non-hydrogen) atoms. The number of hydrogen-bond donors (Lipinski definition) is 0. The van der Waals surface area contributed by atoms with Crippen molar-refractivity contribution in [1.82, 2.24) is 0 Å². The van der Waals surface area contributed by atoms with E-state index in [1.807, 2.05) is 55.5 Å². The van der Waals surface area contributed by atoms with E-state index in [-0.39, 0.29) is 6.79 Å². The number of methoxy groups -OCH3 is 1. The minimum absolute atomic E-state index is 0.248. The fourth-order valence-electron chi connectivity index (χ4n) is 1.55. The first-order valence-electron chi connectivity index (χ1n) is 5.74. The molecule has 0 saturated heterocycles. The summed E-state index contributed by atoms with van der Waals surface area (Å²) in [6.07, 6.45) is 0.